The third-order valence-corrected chi connectivity index (χ3v) is 3.61. The van der Waals surface area contributed by atoms with Gasteiger partial charge in [-0.15, -0.1) is 0 Å². The monoisotopic (exact) mass is 306 g/mol. The lowest BCUT2D eigenvalue weighted by Crippen LogP contribution is -2.44. The van der Waals surface area contributed by atoms with Crippen LogP contribution in [-0.2, 0) is 4.74 Å². The number of rotatable bonds is 3. The minimum atomic E-state index is -0.445. The summed E-state index contributed by atoms with van der Waals surface area (Å²) in [5, 5.41) is 3.34. The highest BCUT2D eigenvalue weighted by Gasteiger charge is 2.27. The fraction of sp³-hybridized carbons (Fsp3) is 0.688. The van der Waals surface area contributed by atoms with E-state index in [4.69, 9.17) is 4.74 Å². The quantitative estimate of drug-likeness (QED) is 0.930. The Balaban J connectivity index is 1.86. The number of ether oxygens (including phenoxy) is 1. The Morgan fingerprint density at radius 1 is 1.41 bits per heavy atom. The lowest BCUT2D eigenvalue weighted by Gasteiger charge is -2.34. The topological polar surface area (TPSA) is 67.4 Å². The molecule has 1 aliphatic heterocycles. The molecule has 122 valence electrons. The summed E-state index contributed by atoms with van der Waals surface area (Å²) in [6.45, 7) is 9.90. The Hall–Kier alpha value is -1.85. The van der Waals surface area contributed by atoms with Crippen molar-refractivity contribution < 1.29 is 9.53 Å². The zero-order chi connectivity index (χ0) is 16.2. The number of piperidine rings is 1. The van der Waals surface area contributed by atoms with Crippen LogP contribution in [0.5, 0.6) is 0 Å². The summed E-state index contributed by atoms with van der Waals surface area (Å²) in [5.41, 5.74) is 0.446. The maximum absolute atomic E-state index is 12.1. The number of aryl methyl sites for hydroxylation is 1. The molecule has 1 fully saturated rings. The van der Waals surface area contributed by atoms with Gasteiger partial charge in [0.1, 0.15) is 11.4 Å². The smallest absolute Gasteiger partial charge is 0.410 e. The largest absolute Gasteiger partial charge is 0.444 e. The summed E-state index contributed by atoms with van der Waals surface area (Å²) in [6, 6.07) is 0. The molecule has 1 aromatic heterocycles. The van der Waals surface area contributed by atoms with Gasteiger partial charge in [0.05, 0.1) is 5.69 Å². The summed E-state index contributed by atoms with van der Waals surface area (Å²) in [4.78, 5) is 22.5. The predicted molar refractivity (Wildman–Crippen MR) is 85.8 cm³/mol. The molecule has 2 heterocycles. The van der Waals surface area contributed by atoms with Crippen molar-refractivity contribution in [2.75, 3.05) is 25.0 Å². The van der Waals surface area contributed by atoms with Crippen LogP contribution in [0.3, 0.4) is 0 Å². The Morgan fingerprint density at radius 2 is 2.14 bits per heavy atom. The van der Waals surface area contributed by atoms with E-state index in [2.05, 4.69) is 15.3 Å². The van der Waals surface area contributed by atoms with Crippen molar-refractivity contribution in [3.8, 4) is 0 Å². The highest BCUT2D eigenvalue weighted by Crippen LogP contribution is 2.20. The summed E-state index contributed by atoms with van der Waals surface area (Å²) in [6.07, 6.45) is 5.26. The number of likely N-dealkylation sites (tertiary alicyclic amines) is 1. The van der Waals surface area contributed by atoms with Crippen molar-refractivity contribution in [2.24, 2.45) is 5.92 Å². The number of aromatic nitrogens is 2. The van der Waals surface area contributed by atoms with Gasteiger partial charge in [-0.05, 0) is 46.5 Å². The van der Waals surface area contributed by atoms with Gasteiger partial charge in [0.15, 0.2) is 0 Å². The van der Waals surface area contributed by atoms with Crippen molar-refractivity contribution in [1.29, 1.82) is 0 Å². The summed E-state index contributed by atoms with van der Waals surface area (Å²) >= 11 is 0. The third-order valence-electron chi connectivity index (χ3n) is 3.61. The van der Waals surface area contributed by atoms with Gasteiger partial charge < -0.3 is 15.0 Å². The van der Waals surface area contributed by atoms with E-state index in [1.165, 1.54) is 0 Å². The number of carbonyl (C=O) groups excluding carboxylic acids is 1. The maximum atomic E-state index is 12.1. The summed E-state index contributed by atoms with van der Waals surface area (Å²) in [7, 11) is 0. The molecule has 0 aliphatic carbocycles. The SMILES string of the molecule is Cc1nccnc1NC[C@H]1CCCN(C(=O)OC(C)(C)C)C1. The molecule has 1 aromatic rings. The molecule has 6 nitrogen and oxygen atoms in total. The molecule has 0 unspecified atom stereocenters. The van der Waals surface area contributed by atoms with E-state index >= 15 is 0 Å². The van der Waals surface area contributed by atoms with Crippen molar-refractivity contribution >= 4 is 11.9 Å². The first-order chi connectivity index (χ1) is 10.3. The summed E-state index contributed by atoms with van der Waals surface area (Å²) in [5.74, 6) is 1.22. The number of nitrogens with one attached hydrogen (secondary N) is 1. The van der Waals surface area contributed by atoms with Crippen LogP contribution in [-0.4, -0.2) is 46.2 Å². The van der Waals surface area contributed by atoms with Crippen molar-refractivity contribution in [2.45, 2.75) is 46.1 Å². The molecule has 6 heteroatoms. The highest BCUT2D eigenvalue weighted by atomic mass is 16.6. The molecule has 1 amide bonds. The number of hydrogen-bond acceptors (Lipinski definition) is 5. The van der Waals surface area contributed by atoms with Crippen molar-refractivity contribution in [3.63, 3.8) is 0 Å². The molecule has 0 radical (unpaired) electrons. The second-order valence-corrected chi connectivity index (χ2v) is 6.81. The molecular formula is C16H26N4O2. The second-order valence-electron chi connectivity index (χ2n) is 6.81. The standard InChI is InChI=1S/C16H26N4O2/c1-12-14(18-8-7-17-12)19-10-13-6-5-9-20(11-13)15(21)22-16(2,3)4/h7-8,13H,5-6,9-11H2,1-4H3,(H,18,19)/t13-/m1/s1. The average Bonchev–Trinajstić information content (AvgIpc) is 2.45. The van der Waals surface area contributed by atoms with Crippen LogP contribution in [0, 0.1) is 12.8 Å². The number of amides is 1. The normalized spacial score (nSPS) is 18.9. The minimum Gasteiger partial charge on any atom is -0.444 e. The second kappa shape index (κ2) is 6.94. The lowest BCUT2D eigenvalue weighted by molar-refractivity contribution is 0.0172. The first-order valence-corrected chi connectivity index (χ1v) is 7.84. The number of anilines is 1. The zero-order valence-electron chi connectivity index (χ0n) is 13.9. The summed E-state index contributed by atoms with van der Waals surface area (Å²) < 4.78 is 5.45. The van der Waals surface area contributed by atoms with Gasteiger partial charge in [0, 0.05) is 32.0 Å². The molecule has 22 heavy (non-hydrogen) atoms. The van der Waals surface area contributed by atoms with Crippen LogP contribution in [0.25, 0.3) is 0 Å². The predicted octanol–water partition coefficient (Wildman–Crippen LogP) is 2.84. The molecular weight excluding hydrogens is 280 g/mol. The van der Waals surface area contributed by atoms with Crippen molar-refractivity contribution in [3.05, 3.63) is 18.1 Å². The van der Waals surface area contributed by atoms with Gasteiger partial charge in [-0.3, -0.25) is 4.98 Å². The fourth-order valence-corrected chi connectivity index (χ4v) is 2.55. The molecule has 1 atom stereocenters. The highest BCUT2D eigenvalue weighted by molar-refractivity contribution is 5.68. The van der Waals surface area contributed by atoms with E-state index < -0.39 is 5.60 Å². The number of nitrogens with zero attached hydrogens (tertiary/aromatic N) is 3. The number of hydrogen-bond donors (Lipinski definition) is 1. The first kappa shape index (κ1) is 16.5. The van der Waals surface area contributed by atoms with E-state index in [-0.39, 0.29) is 6.09 Å². The Labute approximate surface area is 132 Å². The van der Waals surface area contributed by atoms with Crippen LogP contribution in [0.4, 0.5) is 10.6 Å². The maximum Gasteiger partial charge on any atom is 0.410 e. The molecule has 0 spiro atoms. The zero-order valence-corrected chi connectivity index (χ0v) is 13.9. The molecule has 0 saturated carbocycles. The Kier molecular flexibility index (Phi) is 5.21. The Morgan fingerprint density at radius 3 is 2.82 bits per heavy atom. The van der Waals surface area contributed by atoms with Crippen molar-refractivity contribution in [1.82, 2.24) is 14.9 Å². The van der Waals surface area contributed by atoms with Crippen LogP contribution >= 0.6 is 0 Å². The van der Waals surface area contributed by atoms with Gasteiger partial charge >= 0.3 is 6.09 Å². The van der Waals surface area contributed by atoms with E-state index in [9.17, 15) is 4.79 Å². The lowest BCUT2D eigenvalue weighted by atomic mass is 9.98. The van der Waals surface area contributed by atoms with Crippen LogP contribution in [0.1, 0.15) is 39.3 Å². The van der Waals surface area contributed by atoms with Gasteiger partial charge in [-0.25, -0.2) is 9.78 Å². The van der Waals surface area contributed by atoms with Crippen LogP contribution in [0.15, 0.2) is 12.4 Å². The van der Waals surface area contributed by atoms with E-state index in [1.807, 2.05) is 32.6 Å². The number of carbonyl (C=O) groups is 1. The van der Waals surface area contributed by atoms with Gasteiger partial charge in [0.2, 0.25) is 0 Å². The fourth-order valence-electron chi connectivity index (χ4n) is 2.55. The molecule has 1 aliphatic rings. The van der Waals surface area contributed by atoms with E-state index in [0.29, 0.717) is 5.92 Å². The Bertz CT molecular complexity index is 513. The van der Waals surface area contributed by atoms with Crippen LogP contribution < -0.4 is 5.32 Å². The molecule has 0 bridgehead atoms. The van der Waals surface area contributed by atoms with E-state index in [1.54, 1.807) is 12.4 Å². The molecule has 1 saturated heterocycles. The molecule has 0 aromatic carbocycles. The van der Waals surface area contributed by atoms with Crippen LogP contribution in [0.2, 0.25) is 0 Å². The average molecular weight is 306 g/mol. The molecule has 1 N–H and O–H groups in total. The third kappa shape index (κ3) is 4.86. The van der Waals surface area contributed by atoms with Gasteiger partial charge in [-0.1, -0.05) is 0 Å². The van der Waals surface area contributed by atoms with E-state index in [0.717, 1.165) is 44.0 Å². The van der Waals surface area contributed by atoms with Gasteiger partial charge in [0.25, 0.3) is 0 Å². The van der Waals surface area contributed by atoms with Gasteiger partial charge in [-0.2, -0.15) is 0 Å². The first-order valence-electron chi connectivity index (χ1n) is 7.84. The minimum absolute atomic E-state index is 0.215. The molecule has 2 rings (SSSR count).